The second-order valence-corrected chi connectivity index (χ2v) is 6.38. The molecule has 0 aliphatic rings. The maximum absolute atomic E-state index is 13.0. The summed E-state index contributed by atoms with van der Waals surface area (Å²) < 4.78 is 39.6. The zero-order chi connectivity index (χ0) is 15.5. The molecule has 0 spiro atoms. The number of rotatable bonds is 5. The summed E-state index contributed by atoms with van der Waals surface area (Å²) in [6.07, 6.45) is 1.20. The Balaban J connectivity index is 2.17. The van der Waals surface area contributed by atoms with Crippen LogP contribution >= 0.6 is 11.6 Å². The largest absolute Gasteiger partial charge is 0.372 e. The Morgan fingerprint density at radius 2 is 2.10 bits per heavy atom. The van der Waals surface area contributed by atoms with Crippen LogP contribution in [0.4, 0.5) is 10.2 Å². The molecular weight excluding hydrogens is 317 g/mol. The molecule has 2 N–H and O–H groups in total. The maximum Gasteiger partial charge on any atom is 0.242 e. The first kappa shape index (κ1) is 15.7. The molecule has 0 aliphatic heterocycles. The van der Waals surface area contributed by atoms with Gasteiger partial charge in [0.1, 0.15) is 16.5 Å². The van der Waals surface area contributed by atoms with Gasteiger partial charge in [-0.25, -0.2) is 22.5 Å². The molecule has 0 amide bonds. The minimum Gasteiger partial charge on any atom is -0.372 e. The van der Waals surface area contributed by atoms with Crippen molar-refractivity contribution in [2.45, 2.75) is 11.4 Å². The maximum atomic E-state index is 13.0. The van der Waals surface area contributed by atoms with E-state index in [9.17, 15) is 12.8 Å². The fraction of sp³-hybridized carbons (Fsp3) is 0.154. The number of pyridine rings is 1. The van der Waals surface area contributed by atoms with Gasteiger partial charge >= 0.3 is 0 Å². The predicted molar refractivity (Wildman–Crippen MR) is 79.2 cm³/mol. The van der Waals surface area contributed by atoms with Crippen LogP contribution in [0, 0.1) is 5.82 Å². The van der Waals surface area contributed by atoms with E-state index < -0.39 is 15.8 Å². The molecule has 112 valence electrons. The fourth-order valence-corrected chi connectivity index (χ4v) is 2.97. The van der Waals surface area contributed by atoms with Crippen molar-refractivity contribution in [2.75, 3.05) is 12.4 Å². The van der Waals surface area contributed by atoms with E-state index in [4.69, 9.17) is 11.6 Å². The van der Waals surface area contributed by atoms with Gasteiger partial charge in [0, 0.05) is 19.8 Å². The third kappa shape index (κ3) is 3.90. The highest BCUT2D eigenvalue weighted by molar-refractivity contribution is 7.89. The van der Waals surface area contributed by atoms with E-state index in [1.807, 2.05) is 0 Å². The van der Waals surface area contributed by atoms with Crippen molar-refractivity contribution < 1.29 is 12.8 Å². The predicted octanol–water partition coefficient (Wildman–Crippen LogP) is 2.39. The quantitative estimate of drug-likeness (QED) is 0.883. The molecule has 0 saturated carbocycles. The van der Waals surface area contributed by atoms with E-state index in [0.29, 0.717) is 11.4 Å². The molecule has 2 rings (SSSR count). The lowest BCUT2D eigenvalue weighted by atomic mass is 10.2. The van der Waals surface area contributed by atoms with Crippen molar-refractivity contribution in [2.24, 2.45) is 0 Å². The van der Waals surface area contributed by atoms with Crippen LogP contribution in [0.2, 0.25) is 5.02 Å². The van der Waals surface area contributed by atoms with Crippen molar-refractivity contribution >= 4 is 27.4 Å². The number of nitrogens with zero attached hydrogens (tertiary/aromatic N) is 1. The van der Waals surface area contributed by atoms with Gasteiger partial charge in [0.05, 0.1) is 5.02 Å². The lowest BCUT2D eigenvalue weighted by molar-refractivity contribution is 0.580. The van der Waals surface area contributed by atoms with Crippen molar-refractivity contribution in [3.05, 3.63) is 52.9 Å². The highest BCUT2D eigenvalue weighted by Gasteiger charge is 2.16. The van der Waals surface area contributed by atoms with Crippen molar-refractivity contribution in [1.82, 2.24) is 9.71 Å². The molecule has 0 saturated heterocycles. The summed E-state index contributed by atoms with van der Waals surface area (Å²) in [5.41, 5.74) is 0.518. The summed E-state index contributed by atoms with van der Waals surface area (Å²) in [5.74, 6) is -0.0319. The molecule has 0 fully saturated rings. The average molecular weight is 330 g/mol. The smallest absolute Gasteiger partial charge is 0.242 e. The van der Waals surface area contributed by atoms with Crippen molar-refractivity contribution in [3.8, 4) is 0 Å². The summed E-state index contributed by atoms with van der Waals surface area (Å²) in [4.78, 5) is 3.86. The first-order valence-electron chi connectivity index (χ1n) is 6.00. The third-order valence-electron chi connectivity index (χ3n) is 2.72. The molecular formula is C13H13ClFN3O2S. The van der Waals surface area contributed by atoms with E-state index in [-0.39, 0.29) is 16.5 Å². The van der Waals surface area contributed by atoms with Gasteiger partial charge in [-0.15, -0.1) is 0 Å². The summed E-state index contributed by atoms with van der Waals surface area (Å²) in [5, 5.41) is 2.94. The zero-order valence-corrected chi connectivity index (χ0v) is 12.7. The van der Waals surface area contributed by atoms with Gasteiger partial charge in [0.2, 0.25) is 10.0 Å². The van der Waals surface area contributed by atoms with Crippen LogP contribution in [0.15, 0.2) is 41.4 Å². The van der Waals surface area contributed by atoms with Gasteiger partial charge in [0.15, 0.2) is 0 Å². The van der Waals surface area contributed by atoms with Crippen molar-refractivity contribution in [1.29, 1.82) is 0 Å². The first-order chi connectivity index (χ1) is 9.92. The van der Waals surface area contributed by atoms with Crippen LogP contribution in [0.3, 0.4) is 0 Å². The number of halogens is 2. The molecule has 0 atom stereocenters. The van der Waals surface area contributed by atoms with Gasteiger partial charge in [-0.2, -0.15) is 0 Å². The van der Waals surface area contributed by atoms with Crippen molar-refractivity contribution in [3.63, 3.8) is 0 Å². The standard InChI is InChI=1S/C13H13ClFN3O2S/c1-16-13-12(14)6-11(8-17-13)21(19,20)18-7-9-3-2-4-10(15)5-9/h2-6,8,18H,7H2,1H3,(H,16,17). The number of hydrogen-bond acceptors (Lipinski definition) is 4. The van der Waals surface area contributed by atoms with E-state index in [0.717, 1.165) is 0 Å². The van der Waals surface area contributed by atoms with Crippen LogP contribution in [0.1, 0.15) is 5.56 Å². The van der Waals surface area contributed by atoms with E-state index in [1.165, 1.54) is 30.5 Å². The molecule has 21 heavy (non-hydrogen) atoms. The number of benzene rings is 1. The molecule has 1 aromatic carbocycles. The van der Waals surface area contributed by atoms with E-state index >= 15 is 0 Å². The third-order valence-corrected chi connectivity index (χ3v) is 4.37. The Morgan fingerprint density at radius 1 is 1.33 bits per heavy atom. The lowest BCUT2D eigenvalue weighted by Crippen LogP contribution is -2.23. The summed E-state index contributed by atoms with van der Waals surface area (Å²) in [6, 6.07) is 6.99. The molecule has 0 aliphatic carbocycles. The minimum atomic E-state index is -3.77. The Morgan fingerprint density at radius 3 is 2.71 bits per heavy atom. The number of hydrogen-bond donors (Lipinski definition) is 2. The average Bonchev–Trinajstić information content (AvgIpc) is 2.45. The van der Waals surface area contributed by atoms with Gasteiger partial charge in [-0.05, 0) is 23.8 Å². The SMILES string of the molecule is CNc1ncc(S(=O)(=O)NCc2cccc(F)c2)cc1Cl. The zero-order valence-electron chi connectivity index (χ0n) is 11.1. The molecule has 0 radical (unpaired) electrons. The minimum absolute atomic E-state index is 0.0223. The Kier molecular flexibility index (Phi) is 4.76. The number of sulfonamides is 1. The molecule has 0 unspecified atom stereocenters. The Labute approximate surface area is 127 Å². The Bertz CT molecular complexity index is 753. The number of anilines is 1. The summed E-state index contributed by atoms with van der Waals surface area (Å²) in [7, 11) is -2.14. The van der Waals surface area contributed by atoms with E-state index in [2.05, 4.69) is 15.0 Å². The van der Waals surface area contributed by atoms with Gasteiger partial charge in [0.25, 0.3) is 0 Å². The monoisotopic (exact) mass is 329 g/mol. The summed E-state index contributed by atoms with van der Waals surface area (Å²) in [6.45, 7) is -0.0223. The normalized spacial score (nSPS) is 11.4. The summed E-state index contributed by atoms with van der Waals surface area (Å²) >= 11 is 5.91. The van der Waals surface area contributed by atoms with Crippen LogP contribution in [-0.4, -0.2) is 20.4 Å². The highest BCUT2D eigenvalue weighted by Crippen LogP contribution is 2.22. The van der Waals surface area contributed by atoms with Crippen LogP contribution in [0.25, 0.3) is 0 Å². The van der Waals surface area contributed by atoms with Gasteiger partial charge < -0.3 is 5.32 Å². The van der Waals surface area contributed by atoms with Gasteiger partial charge in [-0.3, -0.25) is 0 Å². The van der Waals surface area contributed by atoms with Gasteiger partial charge in [-0.1, -0.05) is 23.7 Å². The molecule has 5 nitrogen and oxygen atoms in total. The second kappa shape index (κ2) is 6.38. The number of aromatic nitrogens is 1. The van der Waals surface area contributed by atoms with E-state index in [1.54, 1.807) is 13.1 Å². The Hall–Kier alpha value is -1.70. The number of nitrogens with one attached hydrogen (secondary N) is 2. The topological polar surface area (TPSA) is 71.1 Å². The second-order valence-electron chi connectivity index (χ2n) is 4.21. The molecule has 1 heterocycles. The van der Waals surface area contributed by atoms with Crippen LogP contribution in [-0.2, 0) is 16.6 Å². The molecule has 2 aromatic rings. The van der Waals surface area contributed by atoms with Crippen LogP contribution in [0.5, 0.6) is 0 Å². The fourth-order valence-electron chi connectivity index (χ4n) is 1.66. The molecule has 0 bridgehead atoms. The van der Waals surface area contributed by atoms with Crippen LogP contribution < -0.4 is 10.0 Å². The first-order valence-corrected chi connectivity index (χ1v) is 7.86. The highest BCUT2D eigenvalue weighted by atomic mass is 35.5. The lowest BCUT2D eigenvalue weighted by Gasteiger charge is -2.08. The molecule has 8 heteroatoms. The molecule has 1 aromatic heterocycles.